The molecule has 0 radical (unpaired) electrons. The lowest BCUT2D eigenvalue weighted by Gasteiger charge is -2.14. The number of carboxylic acid groups (broad SMARTS) is 1. The molecule has 8 heteroatoms. The number of benzene rings is 1. The molecule has 23 heavy (non-hydrogen) atoms. The smallest absolute Gasteiger partial charge is 0.330 e. The van der Waals surface area contributed by atoms with Crippen LogP contribution in [0.15, 0.2) is 24.4 Å². The zero-order valence-electron chi connectivity index (χ0n) is 12.2. The first-order chi connectivity index (χ1) is 10.9. The van der Waals surface area contributed by atoms with E-state index in [-0.39, 0.29) is 10.6 Å². The van der Waals surface area contributed by atoms with E-state index in [1.54, 1.807) is 0 Å². The normalized spacial score (nSPS) is 12.0. The van der Waals surface area contributed by atoms with Crippen molar-refractivity contribution in [2.75, 3.05) is 0 Å². The Hall–Kier alpha value is -1.99. The van der Waals surface area contributed by atoms with Crippen LogP contribution in [-0.4, -0.2) is 22.0 Å². The van der Waals surface area contributed by atoms with Crippen LogP contribution in [0.25, 0.3) is 0 Å². The van der Waals surface area contributed by atoms with Crippen molar-refractivity contribution in [1.29, 1.82) is 0 Å². The van der Waals surface area contributed by atoms with E-state index in [1.165, 1.54) is 29.7 Å². The van der Waals surface area contributed by atoms with E-state index in [0.29, 0.717) is 4.88 Å². The Balaban J connectivity index is 2.19. The lowest BCUT2D eigenvalue weighted by atomic mass is 10.1. The van der Waals surface area contributed by atoms with E-state index in [4.69, 9.17) is 11.6 Å². The van der Waals surface area contributed by atoms with Gasteiger partial charge in [-0.3, -0.25) is 4.79 Å². The predicted molar refractivity (Wildman–Crippen MR) is 85.4 cm³/mol. The van der Waals surface area contributed by atoms with Gasteiger partial charge in [-0.15, -0.1) is 11.3 Å². The third kappa shape index (κ3) is 4.27. The van der Waals surface area contributed by atoms with Gasteiger partial charge in [-0.25, -0.2) is 14.2 Å². The van der Waals surface area contributed by atoms with Crippen molar-refractivity contribution in [3.8, 4) is 0 Å². The van der Waals surface area contributed by atoms with Crippen molar-refractivity contribution in [1.82, 2.24) is 10.3 Å². The van der Waals surface area contributed by atoms with E-state index in [9.17, 15) is 19.1 Å². The second kappa shape index (κ2) is 7.52. The van der Waals surface area contributed by atoms with Crippen molar-refractivity contribution in [2.24, 2.45) is 0 Å². The van der Waals surface area contributed by atoms with Crippen LogP contribution >= 0.6 is 22.9 Å². The lowest BCUT2D eigenvalue weighted by Crippen LogP contribution is -2.33. The van der Waals surface area contributed by atoms with E-state index < -0.39 is 23.7 Å². The Morgan fingerprint density at radius 2 is 2.22 bits per heavy atom. The molecule has 1 amide bonds. The van der Waals surface area contributed by atoms with Crippen LogP contribution in [0.5, 0.6) is 0 Å². The Morgan fingerprint density at radius 1 is 1.48 bits per heavy atom. The standard InChI is InChI=1S/C15H14ClFN2O3S/c1-2-3-12-18-7-11(23-12)14(20)19-13(15(21)22)8-4-5-9(16)10(17)6-8/h4-7,13H,2-3H2,1H3,(H,19,20)(H,21,22). The summed E-state index contributed by atoms with van der Waals surface area (Å²) in [5, 5.41) is 12.4. The molecule has 1 atom stereocenters. The first-order valence-corrected chi connectivity index (χ1v) is 8.05. The monoisotopic (exact) mass is 356 g/mol. The van der Waals surface area contributed by atoms with Gasteiger partial charge in [0, 0.05) is 0 Å². The van der Waals surface area contributed by atoms with E-state index in [0.717, 1.165) is 23.9 Å². The maximum absolute atomic E-state index is 13.5. The molecule has 2 aromatic rings. The van der Waals surface area contributed by atoms with Gasteiger partial charge in [0.2, 0.25) is 0 Å². The fourth-order valence-corrected chi connectivity index (χ4v) is 2.97. The maximum Gasteiger partial charge on any atom is 0.330 e. The molecule has 1 aromatic carbocycles. The Bertz CT molecular complexity index is 735. The average Bonchev–Trinajstić information content (AvgIpc) is 2.96. The number of aliphatic carboxylic acids is 1. The SMILES string of the molecule is CCCc1ncc(C(=O)NC(C(=O)O)c2ccc(Cl)c(F)c2)s1. The zero-order valence-corrected chi connectivity index (χ0v) is 13.7. The minimum Gasteiger partial charge on any atom is -0.479 e. The fraction of sp³-hybridized carbons (Fsp3) is 0.267. The summed E-state index contributed by atoms with van der Waals surface area (Å²) in [7, 11) is 0. The van der Waals surface area contributed by atoms with Gasteiger partial charge in [-0.05, 0) is 30.5 Å². The van der Waals surface area contributed by atoms with Crippen LogP contribution in [0.3, 0.4) is 0 Å². The molecular weight excluding hydrogens is 343 g/mol. The molecule has 0 bridgehead atoms. The number of hydrogen-bond donors (Lipinski definition) is 2. The summed E-state index contributed by atoms with van der Waals surface area (Å²) in [6.45, 7) is 2.00. The number of amides is 1. The number of carboxylic acids is 1. The molecule has 122 valence electrons. The summed E-state index contributed by atoms with van der Waals surface area (Å²) in [6.07, 6.45) is 3.06. The highest BCUT2D eigenvalue weighted by atomic mass is 35.5. The fourth-order valence-electron chi connectivity index (χ4n) is 1.93. The van der Waals surface area contributed by atoms with Crippen LogP contribution in [-0.2, 0) is 11.2 Å². The number of nitrogens with one attached hydrogen (secondary N) is 1. The number of rotatable bonds is 6. The molecule has 2 N–H and O–H groups in total. The Labute approximate surface area is 141 Å². The number of aromatic nitrogens is 1. The second-order valence-electron chi connectivity index (χ2n) is 4.79. The molecule has 1 aromatic heterocycles. The average molecular weight is 357 g/mol. The van der Waals surface area contributed by atoms with Gasteiger partial charge < -0.3 is 10.4 Å². The molecule has 1 unspecified atom stereocenters. The van der Waals surface area contributed by atoms with E-state index in [2.05, 4.69) is 10.3 Å². The topological polar surface area (TPSA) is 79.3 Å². The molecule has 0 aliphatic rings. The van der Waals surface area contributed by atoms with Crippen molar-refractivity contribution in [3.63, 3.8) is 0 Å². The quantitative estimate of drug-likeness (QED) is 0.830. The number of carbonyl (C=O) groups is 2. The van der Waals surface area contributed by atoms with Crippen LogP contribution in [0.4, 0.5) is 4.39 Å². The van der Waals surface area contributed by atoms with Crippen LogP contribution in [0.2, 0.25) is 5.02 Å². The molecule has 0 aliphatic heterocycles. The summed E-state index contributed by atoms with van der Waals surface area (Å²) in [5.41, 5.74) is 0.103. The van der Waals surface area contributed by atoms with E-state index in [1.807, 2.05) is 6.92 Å². The number of halogens is 2. The first-order valence-electron chi connectivity index (χ1n) is 6.85. The molecule has 5 nitrogen and oxygen atoms in total. The predicted octanol–water partition coefficient (Wildman–Crippen LogP) is 3.44. The van der Waals surface area contributed by atoms with Gasteiger partial charge in [0.1, 0.15) is 10.7 Å². The highest BCUT2D eigenvalue weighted by Crippen LogP contribution is 2.22. The Kier molecular flexibility index (Phi) is 5.68. The summed E-state index contributed by atoms with van der Waals surface area (Å²) in [6, 6.07) is 2.24. The van der Waals surface area contributed by atoms with Gasteiger partial charge in [-0.1, -0.05) is 24.6 Å². The number of aryl methyl sites for hydroxylation is 1. The van der Waals surface area contributed by atoms with Crippen LogP contribution < -0.4 is 5.32 Å². The third-order valence-corrected chi connectivity index (χ3v) is 4.40. The van der Waals surface area contributed by atoms with Crippen molar-refractivity contribution < 1.29 is 19.1 Å². The zero-order chi connectivity index (χ0) is 17.0. The number of nitrogens with zero attached hydrogens (tertiary/aromatic N) is 1. The summed E-state index contributed by atoms with van der Waals surface area (Å²) >= 11 is 6.79. The minimum absolute atomic E-state index is 0.103. The van der Waals surface area contributed by atoms with Crippen molar-refractivity contribution >= 4 is 34.8 Å². The van der Waals surface area contributed by atoms with Crippen molar-refractivity contribution in [3.05, 3.63) is 50.7 Å². The van der Waals surface area contributed by atoms with Gasteiger partial charge >= 0.3 is 5.97 Å². The third-order valence-electron chi connectivity index (χ3n) is 3.04. The molecule has 0 aliphatic carbocycles. The number of hydrogen-bond acceptors (Lipinski definition) is 4. The molecular formula is C15H14ClFN2O3S. The van der Waals surface area contributed by atoms with Gasteiger partial charge in [0.25, 0.3) is 5.91 Å². The highest BCUT2D eigenvalue weighted by molar-refractivity contribution is 7.13. The minimum atomic E-state index is -1.37. The molecule has 1 heterocycles. The first kappa shape index (κ1) is 17.4. The maximum atomic E-state index is 13.5. The van der Waals surface area contributed by atoms with Crippen LogP contribution in [0.1, 0.15) is 39.6 Å². The summed E-state index contributed by atoms with van der Waals surface area (Å²) in [5.74, 6) is -2.60. The summed E-state index contributed by atoms with van der Waals surface area (Å²) < 4.78 is 13.5. The van der Waals surface area contributed by atoms with Gasteiger partial charge in [-0.2, -0.15) is 0 Å². The molecule has 0 saturated heterocycles. The van der Waals surface area contributed by atoms with E-state index >= 15 is 0 Å². The molecule has 0 fully saturated rings. The summed E-state index contributed by atoms with van der Waals surface area (Å²) in [4.78, 5) is 28.0. The van der Waals surface area contributed by atoms with Gasteiger partial charge in [0.15, 0.2) is 6.04 Å². The number of carbonyl (C=O) groups excluding carboxylic acids is 1. The highest BCUT2D eigenvalue weighted by Gasteiger charge is 2.24. The Morgan fingerprint density at radius 3 is 2.83 bits per heavy atom. The molecule has 0 spiro atoms. The largest absolute Gasteiger partial charge is 0.479 e. The number of thiazole rings is 1. The molecule has 0 saturated carbocycles. The van der Waals surface area contributed by atoms with Gasteiger partial charge in [0.05, 0.1) is 16.2 Å². The lowest BCUT2D eigenvalue weighted by molar-refractivity contribution is -0.139. The van der Waals surface area contributed by atoms with Crippen LogP contribution in [0, 0.1) is 5.82 Å². The second-order valence-corrected chi connectivity index (χ2v) is 6.31. The van der Waals surface area contributed by atoms with Crippen molar-refractivity contribution in [2.45, 2.75) is 25.8 Å². The molecule has 2 rings (SSSR count).